The smallest absolute Gasteiger partial charge is 0.338 e. The summed E-state index contributed by atoms with van der Waals surface area (Å²) in [6, 6.07) is 14.1. The highest BCUT2D eigenvalue weighted by Gasteiger charge is 2.12. The summed E-state index contributed by atoms with van der Waals surface area (Å²) in [4.78, 5) is 24.0. The van der Waals surface area contributed by atoms with Gasteiger partial charge in [0.25, 0.3) is 0 Å². The van der Waals surface area contributed by atoms with Crippen molar-refractivity contribution in [3.63, 3.8) is 0 Å². The molecule has 0 aliphatic rings. The fraction of sp³-hybridized carbons (Fsp3) is 0.158. The molecule has 3 rings (SSSR count). The zero-order valence-corrected chi connectivity index (χ0v) is 16.1. The number of nitrogens with one attached hydrogen (secondary N) is 1. The van der Waals surface area contributed by atoms with E-state index in [9.17, 15) is 9.59 Å². The first kappa shape index (κ1) is 18.8. The predicted molar refractivity (Wildman–Crippen MR) is 104 cm³/mol. The second kappa shape index (κ2) is 8.59. The van der Waals surface area contributed by atoms with Crippen molar-refractivity contribution < 1.29 is 14.3 Å². The predicted octanol–water partition coefficient (Wildman–Crippen LogP) is 3.39. The Kier molecular flexibility index (Phi) is 5.97. The molecule has 0 fully saturated rings. The van der Waals surface area contributed by atoms with Crippen molar-refractivity contribution in [1.29, 1.82) is 0 Å². The highest BCUT2D eigenvalue weighted by Crippen LogP contribution is 2.16. The Balaban J connectivity index is 1.66. The molecule has 1 amide bonds. The van der Waals surface area contributed by atoms with Crippen LogP contribution in [0.1, 0.15) is 23.0 Å². The highest BCUT2D eigenvalue weighted by atomic mass is 79.9. The van der Waals surface area contributed by atoms with Gasteiger partial charge in [0.1, 0.15) is 0 Å². The maximum atomic E-state index is 12.4. The Labute approximate surface area is 164 Å². The fourth-order valence-electron chi connectivity index (χ4n) is 2.45. The van der Waals surface area contributed by atoms with Crippen molar-refractivity contribution in [2.24, 2.45) is 0 Å². The number of halogens is 1. The van der Waals surface area contributed by atoms with Crippen LogP contribution in [0.4, 0.5) is 5.69 Å². The van der Waals surface area contributed by atoms with E-state index in [1.807, 2.05) is 24.3 Å². The molecule has 138 valence electrons. The number of benzene rings is 2. The summed E-state index contributed by atoms with van der Waals surface area (Å²) in [6.07, 6.45) is 1.67. The maximum absolute atomic E-state index is 12.4. The second-order valence-corrected chi connectivity index (χ2v) is 6.55. The Morgan fingerprint density at radius 1 is 1.11 bits per heavy atom. The number of carbonyl (C=O) groups is 2. The zero-order chi connectivity index (χ0) is 19.2. The highest BCUT2D eigenvalue weighted by molar-refractivity contribution is 9.10. The van der Waals surface area contributed by atoms with Crippen molar-refractivity contribution in [3.05, 3.63) is 70.5 Å². The third-order valence-corrected chi connectivity index (χ3v) is 4.24. The molecule has 8 heteroatoms. The molecule has 7 nitrogen and oxygen atoms in total. The molecular weight excluding hydrogens is 412 g/mol. The minimum Gasteiger partial charge on any atom is -0.462 e. The van der Waals surface area contributed by atoms with E-state index in [1.165, 1.54) is 0 Å². The van der Waals surface area contributed by atoms with E-state index >= 15 is 0 Å². The van der Waals surface area contributed by atoms with E-state index in [0.717, 1.165) is 10.2 Å². The zero-order valence-electron chi connectivity index (χ0n) is 14.6. The second-order valence-electron chi connectivity index (χ2n) is 5.64. The lowest BCUT2D eigenvalue weighted by Crippen LogP contribution is -2.17. The van der Waals surface area contributed by atoms with Crippen LogP contribution in [0.25, 0.3) is 5.69 Å². The fourth-order valence-corrected chi connectivity index (χ4v) is 2.71. The molecule has 1 heterocycles. The van der Waals surface area contributed by atoms with Crippen LogP contribution in [-0.4, -0.2) is 33.5 Å². The number of hydrogen-bond donors (Lipinski definition) is 1. The Bertz CT molecular complexity index is 936. The average molecular weight is 429 g/mol. The standard InChI is InChI=1S/C19H17BrN4O3/c1-2-27-19(26)13-3-7-15(8-4-13)22-18(25)11-17-12-21-23-24(17)16-9-5-14(20)6-10-16/h3-10,12H,2,11H2,1H3,(H,22,25). The Morgan fingerprint density at radius 3 is 2.48 bits per heavy atom. The van der Waals surface area contributed by atoms with Crippen LogP contribution in [0, 0.1) is 0 Å². The van der Waals surface area contributed by atoms with Crippen LogP contribution in [0.15, 0.2) is 59.2 Å². The van der Waals surface area contributed by atoms with Gasteiger partial charge in [-0.3, -0.25) is 4.79 Å². The SMILES string of the molecule is CCOC(=O)c1ccc(NC(=O)Cc2cnnn2-c2ccc(Br)cc2)cc1. The molecular formula is C19H17BrN4O3. The van der Waals surface area contributed by atoms with Gasteiger partial charge in [-0.25, -0.2) is 9.48 Å². The molecule has 3 aromatic rings. The molecule has 0 saturated carbocycles. The average Bonchev–Trinajstić information content (AvgIpc) is 3.11. The number of nitrogens with zero attached hydrogens (tertiary/aromatic N) is 3. The van der Waals surface area contributed by atoms with E-state index in [1.54, 1.807) is 42.1 Å². The van der Waals surface area contributed by atoms with Crippen molar-refractivity contribution in [2.75, 3.05) is 11.9 Å². The monoisotopic (exact) mass is 428 g/mol. The normalized spacial score (nSPS) is 10.4. The van der Waals surface area contributed by atoms with Crippen molar-refractivity contribution >= 4 is 33.5 Å². The van der Waals surface area contributed by atoms with Gasteiger partial charge in [-0.1, -0.05) is 21.1 Å². The largest absolute Gasteiger partial charge is 0.462 e. The Hall–Kier alpha value is -3.00. The van der Waals surface area contributed by atoms with E-state index in [0.29, 0.717) is 23.6 Å². The lowest BCUT2D eigenvalue weighted by Gasteiger charge is -2.08. The third kappa shape index (κ3) is 4.79. The van der Waals surface area contributed by atoms with Gasteiger partial charge in [0.05, 0.1) is 36.2 Å². The summed E-state index contributed by atoms with van der Waals surface area (Å²) in [6.45, 7) is 2.07. The summed E-state index contributed by atoms with van der Waals surface area (Å²) in [7, 11) is 0. The molecule has 0 radical (unpaired) electrons. The lowest BCUT2D eigenvalue weighted by molar-refractivity contribution is -0.115. The van der Waals surface area contributed by atoms with Crippen LogP contribution in [-0.2, 0) is 16.0 Å². The molecule has 1 N–H and O–H groups in total. The van der Waals surface area contributed by atoms with Gasteiger partial charge < -0.3 is 10.1 Å². The minimum absolute atomic E-state index is 0.114. The first-order chi connectivity index (χ1) is 13.1. The minimum atomic E-state index is -0.389. The van der Waals surface area contributed by atoms with Crippen LogP contribution >= 0.6 is 15.9 Å². The molecule has 0 spiro atoms. The molecule has 0 atom stereocenters. The van der Waals surface area contributed by atoms with Crippen molar-refractivity contribution in [3.8, 4) is 5.69 Å². The van der Waals surface area contributed by atoms with Crippen LogP contribution < -0.4 is 5.32 Å². The van der Waals surface area contributed by atoms with E-state index in [2.05, 4.69) is 31.6 Å². The molecule has 0 saturated heterocycles. The molecule has 0 unspecified atom stereocenters. The van der Waals surface area contributed by atoms with E-state index < -0.39 is 0 Å². The number of hydrogen-bond acceptors (Lipinski definition) is 5. The van der Waals surface area contributed by atoms with Gasteiger partial charge in [-0.2, -0.15) is 0 Å². The number of rotatable bonds is 6. The summed E-state index contributed by atoms with van der Waals surface area (Å²) < 4.78 is 7.51. The topological polar surface area (TPSA) is 86.1 Å². The first-order valence-electron chi connectivity index (χ1n) is 8.29. The van der Waals surface area contributed by atoms with Crippen molar-refractivity contribution in [2.45, 2.75) is 13.3 Å². The van der Waals surface area contributed by atoms with Gasteiger partial charge >= 0.3 is 5.97 Å². The van der Waals surface area contributed by atoms with E-state index in [-0.39, 0.29) is 18.3 Å². The quantitative estimate of drug-likeness (QED) is 0.608. The summed E-state index contributed by atoms with van der Waals surface area (Å²) in [5.41, 5.74) is 2.51. The maximum Gasteiger partial charge on any atom is 0.338 e. The number of aromatic nitrogens is 3. The van der Waals surface area contributed by atoms with Gasteiger partial charge in [0, 0.05) is 10.2 Å². The molecule has 0 aliphatic carbocycles. The number of carbonyl (C=O) groups excluding carboxylic acids is 2. The molecule has 0 aliphatic heterocycles. The van der Waals surface area contributed by atoms with Crippen molar-refractivity contribution in [1.82, 2.24) is 15.0 Å². The van der Waals surface area contributed by atoms with E-state index in [4.69, 9.17) is 4.74 Å². The molecule has 0 bridgehead atoms. The van der Waals surface area contributed by atoms with Gasteiger partial charge in [-0.15, -0.1) is 5.10 Å². The third-order valence-electron chi connectivity index (χ3n) is 3.71. The molecule has 1 aromatic heterocycles. The Morgan fingerprint density at radius 2 is 1.81 bits per heavy atom. The van der Waals surface area contributed by atoms with Gasteiger partial charge in [0.15, 0.2) is 0 Å². The number of ether oxygens (including phenoxy) is 1. The van der Waals surface area contributed by atoms with Gasteiger partial charge in [-0.05, 0) is 55.5 Å². The number of esters is 1. The van der Waals surface area contributed by atoms with Crippen LogP contribution in [0.2, 0.25) is 0 Å². The first-order valence-corrected chi connectivity index (χ1v) is 9.08. The summed E-state index contributed by atoms with van der Waals surface area (Å²) in [5.74, 6) is -0.598. The number of anilines is 1. The molecule has 27 heavy (non-hydrogen) atoms. The van der Waals surface area contributed by atoms with Gasteiger partial charge in [0.2, 0.25) is 5.91 Å². The summed E-state index contributed by atoms with van der Waals surface area (Å²) >= 11 is 3.39. The summed E-state index contributed by atoms with van der Waals surface area (Å²) in [5, 5.41) is 10.7. The molecule has 2 aromatic carbocycles. The van der Waals surface area contributed by atoms with Crippen LogP contribution in [0.3, 0.4) is 0 Å². The number of amides is 1. The lowest BCUT2D eigenvalue weighted by atomic mass is 10.2. The van der Waals surface area contributed by atoms with Crippen LogP contribution in [0.5, 0.6) is 0 Å².